The second kappa shape index (κ2) is 8.68. The van der Waals surface area contributed by atoms with Crippen molar-refractivity contribution in [2.24, 2.45) is 0 Å². The number of esters is 1. The molecule has 2 aromatic rings. The van der Waals surface area contributed by atoms with Gasteiger partial charge in [-0.25, -0.2) is 4.79 Å². The largest absolute Gasteiger partial charge is 0.493 e. The van der Waals surface area contributed by atoms with E-state index in [1.807, 2.05) is 13.0 Å². The van der Waals surface area contributed by atoms with E-state index in [4.69, 9.17) is 14.2 Å². The zero-order valence-electron chi connectivity index (χ0n) is 14.4. The normalized spacial score (nSPS) is 10.0. The average molecular weight is 344 g/mol. The highest BCUT2D eigenvalue weighted by Gasteiger charge is 2.13. The molecule has 0 aliphatic carbocycles. The third-order valence-corrected chi connectivity index (χ3v) is 3.44. The highest BCUT2D eigenvalue weighted by atomic mass is 16.5. The minimum Gasteiger partial charge on any atom is -0.493 e. The second-order valence-electron chi connectivity index (χ2n) is 5.19. The molecule has 0 atom stereocenters. The smallest absolute Gasteiger partial charge is 0.340 e. The number of hydrogen-bond donors (Lipinski definition) is 1. The number of amides is 1. The second-order valence-corrected chi connectivity index (χ2v) is 5.19. The fraction of sp³-hybridized carbons (Fsp3) is 0.278. The molecule has 1 N–H and O–H groups in total. The zero-order chi connectivity index (χ0) is 18.2. The Bertz CT molecular complexity index is 744. The van der Waals surface area contributed by atoms with Gasteiger partial charge >= 0.3 is 5.97 Å². The summed E-state index contributed by atoms with van der Waals surface area (Å²) in [7, 11) is 3.07. The van der Waals surface area contributed by atoms with Crippen LogP contribution in [0.25, 0.3) is 0 Å². The molecule has 0 spiro atoms. The highest BCUT2D eigenvalue weighted by Crippen LogP contribution is 2.30. The van der Waals surface area contributed by atoms with Gasteiger partial charge in [-0.05, 0) is 25.1 Å². The SMILES string of the molecule is COc1cccc(CNC(=O)COC(=O)c2ccc(C)nc2)c1OC. The number of nitrogens with one attached hydrogen (secondary N) is 1. The summed E-state index contributed by atoms with van der Waals surface area (Å²) in [5.41, 5.74) is 1.85. The van der Waals surface area contributed by atoms with Crippen molar-refractivity contribution in [2.45, 2.75) is 13.5 Å². The molecule has 1 aromatic heterocycles. The van der Waals surface area contributed by atoms with E-state index in [0.717, 1.165) is 11.3 Å². The molecule has 1 heterocycles. The molecule has 0 saturated carbocycles. The van der Waals surface area contributed by atoms with E-state index in [2.05, 4.69) is 10.3 Å². The molecule has 7 nitrogen and oxygen atoms in total. The van der Waals surface area contributed by atoms with Crippen molar-refractivity contribution in [3.8, 4) is 11.5 Å². The molecular formula is C18H20N2O5. The number of carbonyl (C=O) groups excluding carboxylic acids is 2. The Morgan fingerprint density at radius 2 is 1.92 bits per heavy atom. The molecule has 0 aliphatic heterocycles. The molecule has 1 amide bonds. The summed E-state index contributed by atoms with van der Waals surface area (Å²) in [6.45, 7) is 1.66. The predicted octanol–water partition coefficient (Wildman–Crippen LogP) is 1.88. The first-order chi connectivity index (χ1) is 12.0. The Labute approximate surface area is 145 Å². The zero-order valence-corrected chi connectivity index (χ0v) is 14.4. The summed E-state index contributed by atoms with van der Waals surface area (Å²) >= 11 is 0. The molecular weight excluding hydrogens is 324 g/mol. The standard InChI is InChI=1S/C18H20N2O5/c1-12-7-8-14(10-19-12)18(22)25-11-16(21)20-9-13-5-4-6-15(23-2)17(13)24-3/h4-8,10H,9,11H2,1-3H3,(H,20,21). The quantitative estimate of drug-likeness (QED) is 0.772. The van der Waals surface area contributed by atoms with E-state index in [9.17, 15) is 9.59 Å². The fourth-order valence-corrected chi connectivity index (χ4v) is 2.14. The summed E-state index contributed by atoms with van der Waals surface area (Å²) < 4.78 is 15.5. The third-order valence-electron chi connectivity index (χ3n) is 3.44. The van der Waals surface area contributed by atoms with E-state index in [1.54, 1.807) is 31.4 Å². The first-order valence-corrected chi connectivity index (χ1v) is 7.61. The van der Waals surface area contributed by atoms with Crippen LogP contribution >= 0.6 is 0 Å². The molecule has 132 valence electrons. The number of carbonyl (C=O) groups is 2. The van der Waals surface area contributed by atoms with Crippen LogP contribution in [0.15, 0.2) is 36.5 Å². The molecule has 0 radical (unpaired) electrons. The van der Waals surface area contributed by atoms with Crippen LogP contribution in [0, 0.1) is 6.92 Å². The van der Waals surface area contributed by atoms with Gasteiger partial charge in [0.1, 0.15) is 0 Å². The van der Waals surface area contributed by atoms with Crippen molar-refractivity contribution in [2.75, 3.05) is 20.8 Å². The van der Waals surface area contributed by atoms with Crippen LogP contribution < -0.4 is 14.8 Å². The molecule has 25 heavy (non-hydrogen) atoms. The van der Waals surface area contributed by atoms with Crippen molar-refractivity contribution in [1.82, 2.24) is 10.3 Å². The van der Waals surface area contributed by atoms with Crippen molar-refractivity contribution < 1.29 is 23.8 Å². The number of rotatable bonds is 7. The number of ether oxygens (including phenoxy) is 3. The summed E-state index contributed by atoms with van der Waals surface area (Å²) in [4.78, 5) is 27.7. The maximum atomic E-state index is 11.9. The third kappa shape index (κ3) is 4.94. The number of para-hydroxylation sites is 1. The van der Waals surface area contributed by atoms with Crippen molar-refractivity contribution in [1.29, 1.82) is 0 Å². The van der Waals surface area contributed by atoms with Gasteiger partial charge < -0.3 is 19.5 Å². The van der Waals surface area contributed by atoms with Crippen LogP contribution in [-0.4, -0.2) is 37.7 Å². The van der Waals surface area contributed by atoms with Gasteiger partial charge in [0.05, 0.1) is 19.8 Å². The fourth-order valence-electron chi connectivity index (χ4n) is 2.14. The van der Waals surface area contributed by atoms with Crippen LogP contribution in [0.4, 0.5) is 0 Å². The number of hydrogen-bond acceptors (Lipinski definition) is 6. The maximum Gasteiger partial charge on any atom is 0.340 e. The van der Waals surface area contributed by atoms with Crippen molar-refractivity contribution in [3.63, 3.8) is 0 Å². The Morgan fingerprint density at radius 3 is 2.56 bits per heavy atom. The lowest BCUT2D eigenvalue weighted by molar-refractivity contribution is -0.124. The summed E-state index contributed by atoms with van der Waals surface area (Å²) in [6.07, 6.45) is 1.41. The van der Waals surface area contributed by atoms with Crippen LogP contribution in [0.3, 0.4) is 0 Å². The van der Waals surface area contributed by atoms with E-state index in [1.165, 1.54) is 13.3 Å². The van der Waals surface area contributed by atoms with E-state index in [-0.39, 0.29) is 13.2 Å². The lowest BCUT2D eigenvalue weighted by Crippen LogP contribution is -2.28. The van der Waals surface area contributed by atoms with Crippen molar-refractivity contribution in [3.05, 3.63) is 53.3 Å². The summed E-state index contributed by atoms with van der Waals surface area (Å²) in [5.74, 6) is 0.112. The number of benzene rings is 1. The van der Waals surface area contributed by atoms with Crippen molar-refractivity contribution >= 4 is 11.9 Å². The van der Waals surface area contributed by atoms with Gasteiger partial charge in [-0.3, -0.25) is 9.78 Å². The molecule has 2 rings (SSSR count). The van der Waals surface area contributed by atoms with Gasteiger partial charge in [0.2, 0.25) is 0 Å². The highest BCUT2D eigenvalue weighted by molar-refractivity contribution is 5.91. The summed E-state index contributed by atoms with van der Waals surface area (Å²) in [5, 5.41) is 2.67. The lowest BCUT2D eigenvalue weighted by Gasteiger charge is -2.13. The molecule has 0 unspecified atom stereocenters. The Morgan fingerprint density at radius 1 is 1.12 bits per heavy atom. The van der Waals surface area contributed by atoms with Gasteiger partial charge in [0, 0.05) is 24.0 Å². The topological polar surface area (TPSA) is 86.8 Å². The van der Waals surface area contributed by atoms with Crippen LogP contribution in [0.5, 0.6) is 11.5 Å². The molecule has 0 fully saturated rings. The molecule has 1 aromatic carbocycles. The Kier molecular flexibility index (Phi) is 6.33. The molecule has 0 saturated heterocycles. The lowest BCUT2D eigenvalue weighted by atomic mass is 10.2. The average Bonchev–Trinajstić information content (AvgIpc) is 2.64. The number of nitrogens with zero attached hydrogens (tertiary/aromatic N) is 1. The van der Waals surface area contributed by atoms with Gasteiger partial charge in [-0.15, -0.1) is 0 Å². The van der Waals surface area contributed by atoms with E-state index < -0.39 is 11.9 Å². The van der Waals surface area contributed by atoms with Gasteiger partial charge in [0.15, 0.2) is 18.1 Å². The first-order valence-electron chi connectivity index (χ1n) is 7.61. The van der Waals surface area contributed by atoms with Gasteiger partial charge in [-0.1, -0.05) is 12.1 Å². The van der Waals surface area contributed by atoms with Crippen LogP contribution in [0.1, 0.15) is 21.6 Å². The first kappa shape index (κ1) is 18.3. The van der Waals surface area contributed by atoms with E-state index in [0.29, 0.717) is 17.1 Å². The summed E-state index contributed by atoms with van der Waals surface area (Å²) in [6, 6.07) is 8.68. The number of pyridine rings is 1. The van der Waals surface area contributed by atoms with Gasteiger partial charge in [0.25, 0.3) is 5.91 Å². The monoisotopic (exact) mass is 344 g/mol. The maximum absolute atomic E-state index is 11.9. The number of methoxy groups -OCH3 is 2. The Hall–Kier alpha value is -3.09. The predicted molar refractivity (Wildman–Crippen MR) is 90.6 cm³/mol. The molecule has 0 aliphatic rings. The molecule has 0 bridgehead atoms. The molecule has 7 heteroatoms. The minimum absolute atomic E-state index is 0.225. The van der Waals surface area contributed by atoms with Crippen LogP contribution in [0.2, 0.25) is 0 Å². The van der Waals surface area contributed by atoms with Gasteiger partial charge in [-0.2, -0.15) is 0 Å². The minimum atomic E-state index is -0.596. The van der Waals surface area contributed by atoms with E-state index >= 15 is 0 Å². The van der Waals surface area contributed by atoms with Crippen LogP contribution in [-0.2, 0) is 16.1 Å². The number of aromatic nitrogens is 1. The Balaban J connectivity index is 1.87. The number of aryl methyl sites for hydroxylation is 1.